The Morgan fingerprint density at radius 3 is 2.48 bits per heavy atom. The molecule has 1 fully saturated rings. The maximum absolute atomic E-state index is 12.6. The van der Waals surface area contributed by atoms with E-state index in [9.17, 15) is 8.42 Å². The van der Waals surface area contributed by atoms with E-state index in [1.165, 1.54) is 12.1 Å². The van der Waals surface area contributed by atoms with E-state index in [0.717, 1.165) is 30.8 Å². The highest BCUT2D eigenvalue weighted by molar-refractivity contribution is 7.89. The number of anilines is 1. The van der Waals surface area contributed by atoms with E-state index in [4.69, 9.17) is 24.4 Å². The van der Waals surface area contributed by atoms with E-state index in [1.54, 1.807) is 42.3 Å². The van der Waals surface area contributed by atoms with Crippen molar-refractivity contribution in [3.63, 3.8) is 0 Å². The first-order chi connectivity index (χ1) is 20.4. The topological polar surface area (TPSA) is 143 Å². The number of para-hydroxylation sites is 1. The van der Waals surface area contributed by atoms with Crippen molar-refractivity contribution in [2.24, 2.45) is 5.14 Å². The molecule has 1 atom stereocenters. The molecule has 12 heteroatoms. The quantitative estimate of drug-likeness (QED) is 0.216. The van der Waals surface area contributed by atoms with Crippen molar-refractivity contribution in [1.82, 2.24) is 20.1 Å². The second-order valence-electron chi connectivity index (χ2n) is 9.87. The van der Waals surface area contributed by atoms with E-state index < -0.39 is 10.0 Å². The molecule has 1 saturated heterocycles. The highest BCUT2D eigenvalue weighted by Crippen LogP contribution is 2.38. The Labute approximate surface area is 243 Å². The lowest BCUT2D eigenvalue weighted by Crippen LogP contribution is -2.22. The van der Waals surface area contributed by atoms with Crippen LogP contribution < -0.4 is 30.0 Å². The van der Waals surface area contributed by atoms with Gasteiger partial charge in [0.15, 0.2) is 11.5 Å². The zero-order valence-corrected chi connectivity index (χ0v) is 23.7. The van der Waals surface area contributed by atoms with Crippen molar-refractivity contribution in [1.29, 1.82) is 0 Å². The number of benzene rings is 3. The molecule has 0 unspecified atom stereocenters. The van der Waals surface area contributed by atoms with Gasteiger partial charge in [-0.1, -0.05) is 30.3 Å². The van der Waals surface area contributed by atoms with Crippen molar-refractivity contribution in [3.05, 3.63) is 90.6 Å². The first kappa shape index (κ1) is 27.5. The summed E-state index contributed by atoms with van der Waals surface area (Å²) in [5.74, 6) is 2.67. The molecule has 42 heavy (non-hydrogen) atoms. The number of fused-ring (bicyclic) bond motifs is 1. The summed E-state index contributed by atoms with van der Waals surface area (Å²) in [6, 6.07) is 23.1. The van der Waals surface area contributed by atoms with Gasteiger partial charge in [0.2, 0.25) is 10.0 Å². The van der Waals surface area contributed by atoms with Gasteiger partial charge in [-0.15, -0.1) is 0 Å². The summed E-state index contributed by atoms with van der Waals surface area (Å²) < 4.78 is 44.5. The lowest BCUT2D eigenvalue weighted by Gasteiger charge is -2.14. The van der Waals surface area contributed by atoms with Gasteiger partial charge in [-0.25, -0.2) is 23.2 Å². The molecule has 11 nitrogen and oxygen atoms in total. The number of rotatable bonds is 10. The third-order valence-corrected chi connectivity index (χ3v) is 7.84. The van der Waals surface area contributed by atoms with Crippen molar-refractivity contribution in [2.75, 3.05) is 25.5 Å². The maximum Gasteiger partial charge on any atom is 0.241 e. The summed E-state index contributed by atoms with van der Waals surface area (Å²) in [5.41, 5.74) is 1.59. The predicted molar refractivity (Wildman–Crippen MR) is 159 cm³/mol. The molecule has 0 spiro atoms. The molecule has 0 aliphatic carbocycles. The summed E-state index contributed by atoms with van der Waals surface area (Å²) in [6.07, 6.45) is 2.54. The van der Waals surface area contributed by atoms with Gasteiger partial charge in [0.05, 0.1) is 13.7 Å². The van der Waals surface area contributed by atoms with Gasteiger partial charge < -0.3 is 24.8 Å². The second-order valence-corrected chi connectivity index (χ2v) is 11.4. The van der Waals surface area contributed by atoms with Gasteiger partial charge in [-0.2, -0.15) is 5.10 Å². The zero-order valence-electron chi connectivity index (χ0n) is 22.9. The molecule has 4 N–H and O–H groups in total. The van der Waals surface area contributed by atoms with Gasteiger partial charge in [-0.3, -0.25) is 0 Å². The Balaban J connectivity index is 1.39. The van der Waals surface area contributed by atoms with Crippen LogP contribution in [0, 0.1) is 0 Å². The molecular formula is C30H30N6O5S. The SMILES string of the molecule is COc1ccc(Cn2nc(N[C@@H]3CCNC3)c3c(Oc4ccc(Oc5ccccc5)cc4S(N)(=O)=O)ccnc32)cc1. The Morgan fingerprint density at radius 1 is 0.976 bits per heavy atom. The molecule has 1 aliphatic heterocycles. The number of hydrogen-bond acceptors (Lipinski definition) is 9. The standard InChI is InChI=1S/C30H30N6O5S/c1-39-22-9-7-20(8-10-22)19-36-30-28(29(35-36)34-21-13-15-32-18-21)26(14-16-33-30)41-25-12-11-24(17-27(25)42(31,37)38)40-23-5-3-2-4-6-23/h2-12,14,16-17,21,32H,13,15,18-19H2,1H3,(H,34,35)(H2,31,37,38)/t21-/m1/s1. The Morgan fingerprint density at radius 2 is 1.76 bits per heavy atom. The van der Waals surface area contributed by atoms with Crippen LogP contribution in [0.3, 0.4) is 0 Å². The number of sulfonamides is 1. The minimum atomic E-state index is -4.17. The number of nitrogens with one attached hydrogen (secondary N) is 2. The van der Waals surface area contributed by atoms with E-state index in [-0.39, 0.29) is 16.7 Å². The largest absolute Gasteiger partial charge is 0.497 e. The minimum Gasteiger partial charge on any atom is -0.497 e. The van der Waals surface area contributed by atoms with Crippen LogP contribution >= 0.6 is 0 Å². The van der Waals surface area contributed by atoms with Crippen LogP contribution in [0.1, 0.15) is 12.0 Å². The van der Waals surface area contributed by atoms with Gasteiger partial charge in [-0.05, 0) is 54.9 Å². The Hall–Kier alpha value is -4.65. The molecule has 0 saturated carbocycles. The maximum atomic E-state index is 12.6. The van der Waals surface area contributed by atoms with Crippen LogP contribution in [-0.4, -0.2) is 49.4 Å². The number of ether oxygens (including phenoxy) is 3. The van der Waals surface area contributed by atoms with E-state index in [0.29, 0.717) is 40.6 Å². The Kier molecular flexibility index (Phi) is 7.66. The third-order valence-electron chi connectivity index (χ3n) is 6.91. The summed E-state index contributed by atoms with van der Waals surface area (Å²) >= 11 is 0. The lowest BCUT2D eigenvalue weighted by atomic mass is 10.2. The summed E-state index contributed by atoms with van der Waals surface area (Å²) in [5, 5.41) is 18.0. The number of nitrogens with two attached hydrogens (primary N) is 1. The molecule has 3 aromatic carbocycles. The number of methoxy groups -OCH3 is 1. The van der Waals surface area contributed by atoms with Crippen molar-refractivity contribution in [3.8, 4) is 28.7 Å². The smallest absolute Gasteiger partial charge is 0.241 e. The van der Waals surface area contributed by atoms with Gasteiger partial charge in [0.25, 0.3) is 0 Å². The number of pyridine rings is 1. The van der Waals surface area contributed by atoms with Crippen molar-refractivity contribution < 1.29 is 22.6 Å². The molecule has 2 aromatic heterocycles. The fourth-order valence-electron chi connectivity index (χ4n) is 4.84. The van der Waals surface area contributed by atoms with Crippen molar-refractivity contribution >= 4 is 26.9 Å². The van der Waals surface area contributed by atoms with E-state index >= 15 is 0 Å². The first-order valence-corrected chi connectivity index (χ1v) is 15.0. The molecular weight excluding hydrogens is 556 g/mol. The molecule has 1 aliphatic rings. The molecule has 0 radical (unpaired) electrons. The van der Waals surface area contributed by atoms with Gasteiger partial charge in [0, 0.05) is 30.9 Å². The molecule has 6 rings (SSSR count). The highest BCUT2D eigenvalue weighted by Gasteiger charge is 2.24. The van der Waals surface area contributed by atoms with Crippen molar-refractivity contribution in [2.45, 2.75) is 23.9 Å². The fourth-order valence-corrected chi connectivity index (χ4v) is 5.51. The number of primary sulfonamides is 1. The molecule has 5 aromatic rings. The number of hydrogen-bond donors (Lipinski definition) is 3. The second kappa shape index (κ2) is 11.7. The average molecular weight is 587 g/mol. The number of nitrogens with zero attached hydrogens (tertiary/aromatic N) is 3. The van der Waals surface area contributed by atoms with Crippen LogP contribution in [0.15, 0.2) is 90.0 Å². The zero-order chi connectivity index (χ0) is 29.1. The molecule has 0 bridgehead atoms. The van der Waals surface area contributed by atoms with Gasteiger partial charge in [0.1, 0.15) is 39.0 Å². The number of aromatic nitrogens is 3. The van der Waals surface area contributed by atoms with Crippen LogP contribution in [0.4, 0.5) is 5.82 Å². The van der Waals surface area contributed by atoms with Crippen LogP contribution in [0.5, 0.6) is 28.7 Å². The van der Waals surface area contributed by atoms with Crippen LogP contribution in [0.25, 0.3) is 11.0 Å². The normalized spacial score (nSPS) is 15.0. The molecule has 3 heterocycles. The third kappa shape index (κ3) is 6.00. The summed E-state index contributed by atoms with van der Waals surface area (Å²) in [4.78, 5) is 4.41. The highest BCUT2D eigenvalue weighted by atomic mass is 32.2. The minimum absolute atomic E-state index is 0.0572. The summed E-state index contributed by atoms with van der Waals surface area (Å²) in [6.45, 7) is 2.15. The van der Waals surface area contributed by atoms with Crippen LogP contribution in [0.2, 0.25) is 0 Å². The van der Waals surface area contributed by atoms with E-state index in [1.807, 2.05) is 42.5 Å². The average Bonchev–Trinajstić information content (AvgIpc) is 3.63. The lowest BCUT2D eigenvalue weighted by molar-refractivity contribution is 0.414. The monoisotopic (exact) mass is 586 g/mol. The first-order valence-electron chi connectivity index (χ1n) is 13.4. The predicted octanol–water partition coefficient (Wildman–Crippen LogP) is 4.49. The Bertz CT molecular complexity index is 1800. The molecule has 216 valence electrons. The summed E-state index contributed by atoms with van der Waals surface area (Å²) in [7, 11) is -2.54. The van der Waals surface area contributed by atoms with E-state index in [2.05, 4.69) is 15.6 Å². The van der Waals surface area contributed by atoms with Gasteiger partial charge >= 0.3 is 0 Å². The van der Waals surface area contributed by atoms with Crippen LogP contribution in [-0.2, 0) is 16.6 Å². The molecule has 0 amide bonds. The fraction of sp³-hybridized carbons (Fsp3) is 0.200.